The fraction of sp³-hybridized carbons (Fsp3) is 0.263. The number of amides is 1. The third kappa shape index (κ3) is 4.83. The average Bonchev–Trinajstić information content (AvgIpc) is 2.55. The smallest absolute Gasteiger partial charge is 0.308 e. The Balaban J connectivity index is 2.22. The molecule has 0 radical (unpaired) electrons. The molecule has 0 aromatic heterocycles. The summed E-state index contributed by atoms with van der Waals surface area (Å²) >= 11 is 6.23. The first-order valence-corrected chi connectivity index (χ1v) is 8.16. The number of carbonyl (C=O) groups is 2. The van der Waals surface area contributed by atoms with Crippen LogP contribution in [0.25, 0.3) is 0 Å². The van der Waals surface area contributed by atoms with Gasteiger partial charge < -0.3 is 10.1 Å². The maximum absolute atomic E-state index is 12.5. The Morgan fingerprint density at radius 3 is 2.42 bits per heavy atom. The van der Waals surface area contributed by atoms with Crippen LogP contribution in [0, 0.1) is 6.92 Å². The first-order valence-electron chi connectivity index (χ1n) is 7.79. The van der Waals surface area contributed by atoms with Crippen LogP contribution in [0.5, 0.6) is 0 Å². The van der Waals surface area contributed by atoms with E-state index in [4.69, 9.17) is 16.3 Å². The molecule has 1 unspecified atom stereocenters. The molecule has 0 fully saturated rings. The lowest BCUT2D eigenvalue weighted by Gasteiger charge is -2.19. The molecule has 1 amide bonds. The summed E-state index contributed by atoms with van der Waals surface area (Å²) in [5.41, 5.74) is 2.29. The highest BCUT2D eigenvalue weighted by atomic mass is 35.5. The number of carbonyl (C=O) groups excluding carboxylic acids is 2. The molecule has 2 rings (SSSR count). The number of aryl methyl sites for hydroxylation is 1. The molecule has 4 nitrogen and oxygen atoms in total. The standard InChI is InChI=1S/C19H20ClNO3/c1-3-24-18(22)12-17(15-6-4-5-7-16(15)20)21-19(23)14-10-8-13(2)9-11-14/h4-11,17H,3,12H2,1-2H3,(H,21,23). The highest BCUT2D eigenvalue weighted by Crippen LogP contribution is 2.26. The lowest BCUT2D eigenvalue weighted by atomic mass is 10.0. The normalized spacial score (nSPS) is 11.6. The van der Waals surface area contributed by atoms with E-state index < -0.39 is 6.04 Å². The molecule has 0 aliphatic heterocycles. The second-order valence-corrected chi connectivity index (χ2v) is 5.83. The quantitative estimate of drug-likeness (QED) is 0.803. The van der Waals surface area contributed by atoms with Gasteiger partial charge in [0.2, 0.25) is 0 Å². The van der Waals surface area contributed by atoms with E-state index in [1.165, 1.54) is 0 Å². The van der Waals surface area contributed by atoms with Crippen LogP contribution in [-0.4, -0.2) is 18.5 Å². The van der Waals surface area contributed by atoms with Crippen LogP contribution in [0.2, 0.25) is 5.02 Å². The summed E-state index contributed by atoms with van der Waals surface area (Å²) in [7, 11) is 0. The highest BCUT2D eigenvalue weighted by Gasteiger charge is 2.21. The first-order chi connectivity index (χ1) is 11.5. The van der Waals surface area contributed by atoms with Crippen molar-refractivity contribution in [3.8, 4) is 0 Å². The lowest BCUT2D eigenvalue weighted by molar-refractivity contribution is -0.143. The molecule has 0 aliphatic rings. The topological polar surface area (TPSA) is 55.4 Å². The third-order valence-corrected chi connectivity index (χ3v) is 3.92. The summed E-state index contributed by atoms with van der Waals surface area (Å²) in [5.74, 6) is -0.643. The van der Waals surface area contributed by atoms with Gasteiger partial charge in [0, 0.05) is 10.6 Å². The molecule has 0 heterocycles. The number of hydrogen-bond acceptors (Lipinski definition) is 3. The molecule has 5 heteroatoms. The van der Waals surface area contributed by atoms with Gasteiger partial charge in [-0.3, -0.25) is 9.59 Å². The van der Waals surface area contributed by atoms with Gasteiger partial charge in [0.1, 0.15) is 0 Å². The van der Waals surface area contributed by atoms with E-state index in [-0.39, 0.29) is 18.3 Å². The number of halogens is 1. The molecule has 0 spiro atoms. The Kier molecular flexibility index (Phi) is 6.38. The van der Waals surface area contributed by atoms with Crippen LogP contribution in [0.4, 0.5) is 0 Å². The molecule has 1 atom stereocenters. The monoisotopic (exact) mass is 345 g/mol. The van der Waals surface area contributed by atoms with Gasteiger partial charge in [0.25, 0.3) is 5.91 Å². The van der Waals surface area contributed by atoms with Crippen molar-refractivity contribution in [2.24, 2.45) is 0 Å². The predicted octanol–water partition coefficient (Wildman–Crippen LogP) is 4.07. The van der Waals surface area contributed by atoms with Crippen molar-refractivity contribution in [3.63, 3.8) is 0 Å². The summed E-state index contributed by atoms with van der Waals surface area (Å²) in [6.45, 7) is 3.99. The molecule has 0 bridgehead atoms. The van der Waals surface area contributed by atoms with Crippen LogP contribution in [0.1, 0.15) is 40.9 Å². The van der Waals surface area contributed by atoms with Crippen LogP contribution >= 0.6 is 11.6 Å². The van der Waals surface area contributed by atoms with Gasteiger partial charge in [-0.15, -0.1) is 0 Å². The Bertz CT molecular complexity index is 713. The fourth-order valence-corrected chi connectivity index (χ4v) is 2.60. The Morgan fingerprint density at radius 1 is 1.12 bits per heavy atom. The SMILES string of the molecule is CCOC(=O)CC(NC(=O)c1ccc(C)cc1)c1ccccc1Cl. The van der Waals surface area contributed by atoms with Gasteiger partial charge in [0.15, 0.2) is 0 Å². The minimum atomic E-state index is -0.549. The second kappa shape index (κ2) is 8.50. The van der Waals surface area contributed by atoms with Gasteiger partial charge in [-0.25, -0.2) is 0 Å². The van der Waals surface area contributed by atoms with Gasteiger partial charge in [-0.1, -0.05) is 47.5 Å². The number of ether oxygens (including phenoxy) is 1. The largest absolute Gasteiger partial charge is 0.466 e. The van der Waals surface area contributed by atoms with E-state index in [0.717, 1.165) is 5.56 Å². The molecule has 2 aromatic carbocycles. The zero-order valence-electron chi connectivity index (χ0n) is 13.7. The number of nitrogens with one attached hydrogen (secondary N) is 1. The van der Waals surface area contributed by atoms with Crippen molar-refractivity contribution in [1.29, 1.82) is 0 Å². The zero-order chi connectivity index (χ0) is 17.5. The molecular formula is C19H20ClNO3. The maximum Gasteiger partial charge on any atom is 0.308 e. The van der Waals surface area contributed by atoms with Crippen LogP contribution in [0.15, 0.2) is 48.5 Å². The van der Waals surface area contributed by atoms with Crippen molar-refractivity contribution < 1.29 is 14.3 Å². The van der Waals surface area contributed by atoms with Crippen LogP contribution in [-0.2, 0) is 9.53 Å². The van der Waals surface area contributed by atoms with Gasteiger partial charge >= 0.3 is 5.97 Å². The molecule has 126 valence electrons. The van der Waals surface area contributed by atoms with Crippen LogP contribution in [0.3, 0.4) is 0 Å². The zero-order valence-corrected chi connectivity index (χ0v) is 14.5. The minimum absolute atomic E-state index is 0.0230. The van der Waals surface area contributed by atoms with Gasteiger partial charge in [0.05, 0.1) is 19.1 Å². The fourth-order valence-electron chi connectivity index (χ4n) is 2.33. The second-order valence-electron chi connectivity index (χ2n) is 5.42. The van der Waals surface area contributed by atoms with E-state index in [1.807, 2.05) is 25.1 Å². The summed E-state index contributed by atoms with van der Waals surface area (Å²) in [4.78, 5) is 24.4. The highest BCUT2D eigenvalue weighted by molar-refractivity contribution is 6.31. The van der Waals surface area contributed by atoms with Crippen molar-refractivity contribution in [3.05, 3.63) is 70.2 Å². The molecule has 2 aromatic rings. The summed E-state index contributed by atoms with van der Waals surface area (Å²) in [6, 6.07) is 13.8. The summed E-state index contributed by atoms with van der Waals surface area (Å²) in [6.07, 6.45) is 0.0230. The van der Waals surface area contributed by atoms with E-state index in [9.17, 15) is 9.59 Å². The number of rotatable bonds is 6. The number of hydrogen-bond donors (Lipinski definition) is 1. The van der Waals surface area contributed by atoms with Crippen LogP contribution < -0.4 is 5.32 Å². The molecule has 0 saturated heterocycles. The van der Waals surface area contributed by atoms with Gasteiger partial charge in [-0.05, 0) is 37.6 Å². The predicted molar refractivity (Wildman–Crippen MR) is 94.1 cm³/mol. The molecule has 0 aliphatic carbocycles. The van der Waals surface area contributed by atoms with Crippen molar-refractivity contribution in [2.75, 3.05) is 6.61 Å². The lowest BCUT2D eigenvalue weighted by Crippen LogP contribution is -2.30. The van der Waals surface area contributed by atoms with E-state index >= 15 is 0 Å². The Morgan fingerprint density at radius 2 is 1.79 bits per heavy atom. The van der Waals surface area contributed by atoms with Crippen molar-refractivity contribution in [1.82, 2.24) is 5.32 Å². The van der Waals surface area contributed by atoms with E-state index in [2.05, 4.69) is 5.32 Å². The summed E-state index contributed by atoms with van der Waals surface area (Å²) < 4.78 is 5.00. The number of esters is 1. The Labute approximate surface area is 146 Å². The molecule has 24 heavy (non-hydrogen) atoms. The third-order valence-electron chi connectivity index (χ3n) is 3.58. The van der Waals surface area contributed by atoms with Gasteiger partial charge in [-0.2, -0.15) is 0 Å². The number of benzene rings is 2. The van der Waals surface area contributed by atoms with E-state index in [0.29, 0.717) is 22.8 Å². The van der Waals surface area contributed by atoms with E-state index in [1.54, 1.807) is 37.3 Å². The average molecular weight is 346 g/mol. The minimum Gasteiger partial charge on any atom is -0.466 e. The Hall–Kier alpha value is -2.33. The van der Waals surface area contributed by atoms with Crippen molar-refractivity contribution >= 4 is 23.5 Å². The maximum atomic E-state index is 12.5. The molecular weight excluding hydrogens is 326 g/mol. The summed E-state index contributed by atoms with van der Waals surface area (Å²) in [5, 5.41) is 3.37. The molecule has 1 N–H and O–H groups in total. The first kappa shape index (κ1) is 18.0. The molecule has 0 saturated carbocycles. The van der Waals surface area contributed by atoms with Crippen molar-refractivity contribution in [2.45, 2.75) is 26.3 Å².